The molecule has 0 aromatic heterocycles. The number of carbonyl (C=O) groups is 1. The van der Waals surface area contributed by atoms with Gasteiger partial charge in [-0.1, -0.05) is 30.2 Å². The van der Waals surface area contributed by atoms with Gasteiger partial charge >= 0.3 is 0 Å². The lowest BCUT2D eigenvalue weighted by Crippen LogP contribution is -2.05. The minimum absolute atomic E-state index is 0.0670. The maximum atomic E-state index is 13.3. The van der Waals surface area contributed by atoms with Crippen LogP contribution in [0.1, 0.15) is 42.5 Å². The molecule has 0 radical (unpaired) electrons. The average molecular weight is 253 g/mol. The van der Waals surface area contributed by atoms with Gasteiger partial charge in [-0.2, -0.15) is 0 Å². The molecular weight excluding hydrogens is 239 g/mol. The molecule has 90 valence electrons. The molecule has 17 heavy (non-hydrogen) atoms. The van der Waals surface area contributed by atoms with Gasteiger partial charge in [-0.3, -0.25) is 4.79 Å². The fourth-order valence-electron chi connectivity index (χ4n) is 2.07. The number of carbonyl (C=O) groups excluding carboxylic acids is 1. The first kappa shape index (κ1) is 12.3. The molecule has 0 amide bonds. The first-order chi connectivity index (χ1) is 8.20. The average Bonchev–Trinajstić information content (AvgIpc) is 2.60. The maximum Gasteiger partial charge on any atom is 0.190 e. The van der Waals surface area contributed by atoms with Crippen LogP contribution in [0.5, 0.6) is 0 Å². The zero-order valence-electron chi connectivity index (χ0n) is 9.51. The Labute approximate surface area is 105 Å². The second-order valence-electron chi connectivity index (χ2n) is 4.26. The lowest BCUT2D eigenvalue weighted by Gasteiger charge is -2.06. The monoisotopic (exact) mass is 252 g/mol. The molecule has 0 heterocycles. The van der Waals surface area contributed by atoms with Gasteiger partial charge in [0, 0.05) is 5.56 Å². The molecular formula is C14H14ClFO. The summed E-state index contributed by atoms with van der Waals surface area (Å²) in [5, 5.41) is -0.0670. The number of Topliss-reactive ketones (excluding diaryl/α,β-unsaturated/α-hetero) is 1. The van der Waals surface area contributed by atoms with Crippen molar-refractivity contribution in [2.45, 2.75) is 32.1 Å². The van der Waals surface area contributed by atoms with E-state index in [4.69, 9.17) is 11.6 Å². The van der Waals surface area contributed by atoms with E-state index in [2.05, 4.69) is 0 Å². The molecule has 0 saturated carbocycles. The lowest BCUT2D eigenvalue weighted by molar-refractivity contribution is 0.103. The summed E-state index contributed by atoms with van der Waals surface area (Å²) in [4.78, 5) is 12.2. The fraction of sp³-hybridized carbons (Fsp3) is 0.357. The Morgan fingerprint density at radius 3 is 2.88 bits per heavy atom. The Bertz CT molecular complexity index is 465. The molecule has 0 unspecified atom stereocenters. The van der Waals surface area contributed by atoms with E-state index in [1.54, 1.807) is 6.07 Å². The normalized spacial score (nSPS) is 16.2. The molecule has 1 nitrogen and oxygen atoms in total. The van der Waals surface area contributed by atoms with Crippen molar-refractivity contribution in [1.82, 2.24) is 0 Å². The molecule has 0 spiro atoms. The summed E-state index contributed by atoms with van der Waals surface area (Å²) < 4.78 is 13.3. The smallest absolute Gasteiger partial charge is 0.190 e. The van der Waals surface area contributed by atoms with E-state index < -0.39 is 5.82 Å². The second-order valence-corrected chi connectivity index (χ2v) is 4.64. The van der Waals surface area contributed by atoms with Crippen molar-refractivity contribution in [3.05, 3.63) is 46.3 Å². The van der Waals surface area contributed by atoms with Crippen LogP contribution in [0.15, 0.2) is 29.8 Å². The highest BCUT2D eigenvalue weighted by Crippen LogP contribution is 2.26. The van der Waals surface area contributed by atoms with Crippen molar-refractivity contribution in [3.8, 4) is 0 Å². The Kier molecular flexibility index (Phi) is 3.95. The van der Waals surface area contributed by atoms with Crippen LogP contribution < -0.4 is 0 Å². The molecule has 0 aliphatic heterocycles. The number of ketones is 1. The van der Waals surface area contributed by atoms with E-state index >= 15 is 0 Å². The minimum atomic E-state index is -0.535. The number of halogens is 2. The van der Waals surface area contributed by atoms with Crippen molar-refractivity contribution < 1.29 is 9.18 Å². The van der Waals surface area contributed by atoms with Gasteiger partial charge in [0.2, 0.25) is 0 Å². The minimum Gasteiger partial charge on any atom is -0.289 e. The van der Waals surface area contributed by atoms with Crippen LogP contribution in [-0.4, -0.2) is 5.78 Å². The maximum absolute atomic E-state index is 13.3. The standard InChI is InChI=1S/C14H14ClFO/c15-13-11(8-5-9-12(13)16)14(17)10-6-3-1-2-4-7-10/h5-6,8-9H,1-4,7H2. The van der Waals surface area contributed by atoms with E-state index in [-0.39, 0.29) is 16.4 Å². The third kappa shape index (κ3) is 2.75. The third-order valence-corrected chi connectivity index (χ3v) is 3.41. The zero-order chi connectivity index (χ0) is 12.3. The van der Waals surface area contributed by atoms with Crippen LogP contribution in [-0.2, 0) is 0 Å². The molecule has 0 atom stereocenters. The van der Waals surface area contributed by atoms with Gasteiger partial charge in [0.15, 0.2) is 5.78 Å². The Balaban J connectivity index is 2.30. The summed E-state index contributed by atoms with van der Waals surface area (Å²) in [7, 11) is 0. The van der Waals surface area contributed by atoms with E-state index in [0.717, 1.165) is 37.7 Å². The highest BCUT2D eigenvalue weighted by atomic mass is 35.5. The van der Waals surface area contributed by atoms with Crippen LogP contribution in [0.25, 0.3) is 0 Å². The van der Waals surface area contributed by atoms with Crippen molar-refractivity contribution >= 4 is 17.4 Å². The number of allylic oxidation sites excluding steroid dienone is 2. The number of hydrogen-bond donors (Lipinski definition) is 0. The first-order valence-electron chi connectivity index (χ1n) is 5.88. The Morgan fingerprint density at radius 2 is 2.06 bits per heavy atom. The van der Waals surface area contributed by atoms with E-state index in [1.165, 1.54) is 12.1 Å². The topological polar surface area (TPSA) is 17.1 Å². The van der Waals surface area contributed by atoms with Crippen LogP contribution in [0, 0.1) is 5.82 Å². The molecule has 1 aliphatic carbocycles. The summed E-state index contributed by atoms with van der Waals surface area (Å²) in [5.74, 6) is -0.664. The molecule has 1 aliphatic rings. The molecule has 0 N–H and O–H groups in total. The van der Waals surface area contributed by atoms with Gasteiger partial charge in [0.05, 0.1) is 5.02 Å². The predicted octanol–water partition coefficient (Wildman–Crippen LogP) is 4.55. The van der Waals surface area contributed by atoms with Gasteiger partial charge in [-0.25, -0.2) is 4.39 Å². The van der Waals surface area contributed by atoms with E-state index in [1.807, 2.05) is 6.08 Å². The SMILES string of the molecule is O=C(C1=CCCCCC1)c1cccc(F)c1Cl. The van der Waals surface area contributed by atoms with Gasteiger partial charge in [0.1, 0.15) is 5.82 Å². The van der Waals surface area contributed by atoms with Crippen molar-refractivity contribution in [3.63, 3.8) is 0 Å². The van der Waals surface area contributed by atoms with E-state index in [0.29, 0.717) is 0 Å². The lowest BCUT2D eigenvalue weighted by atomic mass is 9.99. The molecule has 1 aromatic rings. The largest absolute Gasteiger partial charge is 0.289 e. The summed E-state index contributed by atoms with van der Waals surface area (Å²) >= 11 is 5.83. The molecule has 0 saturated heterocycles. The molecule has 1 aromatic carbocycles. The third-order valence-electron chi connectivity index (χ3n) is 3.03. The van der Waals surface area contributed by atoms with Gasteiger partial charge in [-0.15, -0.1) is 0 Å². The summed E-state index contributed by atoms with van der Waals surface area (Å²) in [6, 6.07) is 4.37. The Morgan fingerprint density at radius 1 is 1.24 bits per heavy atom. The number of benzene rings is 1. The number of rotatable bonds is 2. The Hall–Kier alpha value is -1.15. The molecule has 0 bridgehead atoms. The number of hydrogen-bond acceptors (Lipinski definition) is 1. The summed E-state index contributed by atoms with van der Waals surface area (Å²) in [6.07, 6.45) is 6.94. The summed E-state index contributed by atoms with van der Waals surface area (Å²) in [6.45, 7) is 0. The highest BCUT2D eigenvalue weighted by molar-refractivity contribution is 6.35. The molecule has 2 rings (SSSR count). The van der Waals surface area contributed by atoms with Crippen LogP contribution >= 0.6 is 11.6 Å². The van der Waals surface area contributed by atoms with Gasteiger partial charge in [-0.05, 0) is 43.4 Å². The highest BCUT2D eigenvalue weighted by Gasteiger charge is 2.18. The van der Waals surface area contributed by atoms with Crippen molar-refractivity contribution in [2.75, 3.05) is 0 Å². The fourth-order valence-corrected chi connectivity index (χ4v) is 2.29. The van der Waals surface area contributed by atoms with Crippen LogP contribution in [0.4, 0.5) is 4.39 Å². The van der Waals surface area contributed by atoms with Gasteiger partial charge in [0.25, 0.3) is 0 Å². The molecule has 0 fully saturated rings. The van der Waals surface area contributed by atoms with Crippen LogP contribution in [0.2, 0.25) is 5.02 Å². The van der Waals surface area contributed by atoms with Crippen molar-refractivity contribution in [1.29, 1.82) is 0 Å². The quantitative estimate of drug-likeness (QED) is 0.706. The predicted molar refractivity (Wildman–Crippen MR) is 66.9 cm³/mol. The van der Waals surface area contributed by atoms with Crippen molar-refractivity contribution in [2.24, 2.45) is 0 Å². The van der Waals surface area contributed by atoms with E-state index in [9.17, 15) is 9.18 Å². The second kappa shape index (κ2) is 5.46. The van der Waals surface area contributed by atoms with Crippen LogP contribution in [0.3, 0.4) is 0 Å². The first-order valence-corrected chi connectivity index (χ1v) is 6.25. The van der Waals surface area contributed by atoms with Gasteiger partial charge < -0.3 is 0 Å². The zero-order valence-corrected chi connectivity index (χ0v) is 10.3. The molecule has 3 heteroatoms. The summed E-state index contributed by atoms with van der Waals surface area (Å²) in [5.41, 5.74) is 1.05.